The van der Waals surface area contributed by atoms with Gasteiger partial charge in [-0.15, -0.1) is 0 Å². The Morgan fingerprint density at radius 2 is 1.72 bits per heavy atom. The van der Waals surface area contributed by atoms with Crippen LogP contribution in [0.15, 0.2) is 0 Å². The molecule has 0 aromatic carbocycles. The van der Waals surface area contributed by atoms with E-state index in [1.165, 1.54) is 51.6 Å². The number of hydrogen-bond acceptors (Lipinski definition) is 2. The number of likely N-dealkylation sites (tertiary alicyclic amines) is 1. The lowest BCUT2D eigenvalue weighted by molar-refractivity contribution is 0.0232. The maximum Gasteiger partial charge on any atom is 0.0252 e. The largest absolute Gasteiger partial charge is 0.326 e. The summed E-state index contributed by atoms with van der Waals surface area (Å²) >= 11 is 0. The molecule has 1 heterocycles. The van der Waals surface area contributed by atoms with Gasteiger partial charge in [-0.1, -0.05) is 40.5 Å². The van der Waals surface area contributed by atoms with Gasteiger partial charge in [-0.25, -0.2) is 0 Å². The lowest BCUT2D eigenvalue weighted by atomic mass is 9.69. The molecule has 1 aliphatic carbocycles. The maximum absolute atomic E-state index is 6.55. The predicted molar refractivity (Wildman–Crippen MR) is 78.6 cm³/mol. The summed E-state index contributed by atoms with van der Waals surface area (Å²) in [6.45, 7) is 12.0. The Labute approximate surface area is 113 Å². The molecule has 0 aromatic heterocycles. The Bertz CT molecular complexity index is 277. The van der Waals surface area contributed by atoms with Crippen LogP contribution in [0.25, 0.3) is 0 Å². The third-order valence-corrected chi connectivity index (χ3v) is 5.97. The van der Waals surface area contributed by atoms with Crippen LogP contribution in [-0.2, 0) is 0 Å². The quantitative estimate of drug-likeness (QED) is 0.816. The van der Waals surface area contributed by atoms with Crippen LogP contribution in [0.4, 0.5) is 0 Å². The number of piperidine rings is 1. The van der Waals surface area contributed by atoms with E-state index >= 15 is 0 Å². The molecule has 106 valence electrons. The zero-order valence-electron chi connectivity index (χ0n) is 12.8. The van der Waals surface area contributed by atoms with Crippen LogP contribution < -0.4 is 5.73 Å². The maximum atomic E-state index is 6.55. The van der Waals surface area contributed by atoms with Crippen molar-refractivity contribution < 1.29 is 0 Å². The molecule has 2 nitrogen and oxygen atoms in total. The van der Waals surface area contributed by atoms with Crippen LogP contribution in [0.2, 0.25) is 0 Å². The molecule has 2 atom stereocenters. The van der Waals surface area contributed by atoms with Gasteiger partial charge in [0.15, 0.2) is 0 Å². The summed E-state index contributed by atoms with van der Waals surface area (Å²) < 4.78 is 0. The average molecular weight is 252 g/mol. The van der Waals surface area contributed by atoms with Gasteiger partial charge in [-0.3, -0.25) is 4.90 Å². The molecule has 2 aliphatic rings. The van der Waals surface area contributed by atoms with Gasteiger partial charge in [0.2, 0.25) is 0 Å². The normalized spacial score (nSPS) is 36.5. The SMILES string of the molecule is CCC1(C)CCN(C2CCCC(C)(C)C2N)CC1. The van der Waals surface area contributed by atoms with Gasteiger partial charge >= 0.3 is 0 Å². The van der Waals surface area contributed by atoms with Crippen molar-refractivity contribution in [3.63, 3.8) is 0 Å². The minimum absolute atomic E-state index is 0.328. The van der Waals surface area contributed by atoms with Gasteiger partial charge in [0.1, 0.15) is 0 Å². The molecule has 1 saturated carbocycles. The highest BCUT2D eigenvalue weighted by Gasteiger charge is 2.41. The molecule has 2 rings (SSSR count). The first kappa shape index (κ1) is 14.3. The van der Waals surface area contributed by atoms with Crippen molar-refractivity contribution in [2.45, 2.75) is 78.3 Å². The molecule has 0 spiro atoms. The summed E-state index contributed by atoms with van der Waals surface area (Å²) in [4.78, 5) is 2.70. The Kier molecular flexibility index (Phi) is 4.08. The summed E-state index contributed by atoms with van der Waals surface area (Å²) in [6.07, 6.45) is 7.99. The van der Waals surface area contributed by atoms with Crippen molar-refractivity contribution in [3.05, 3.63) is 0 Å². The molecule has 2 N–H and O–H groups in total. The molecule has 0 radical (unpaired) electrons. The van der Waals surface area contributed by atoms with Crippen molar-refractivity contribution in [1.29, 1.82) is 0 Å². The van der Waals surface area contributed by atoms with Gasteiger partial charge in [0.05, 0.1) is 0 Å². The van der Waals surface area contributed by atoms with Crippen LogP contribution in [-0.4, -0.2) is 30.1 Å². The van der Waals surface area contributed by atoms with Crippen molar-refractivity contribution in [2.75, 3.05) is 13.1 Å². The first-order valence-electron chi connectivity index (χ1n) is 7.88. The fraction of sp³-hybridized carbons (Fsp3) is 1.00. The van der Waals surface area contributed by atoms with E-state index in [1.54, 1.807) is 0 Å². The van der Waals surface area contributed by atoms with E-state index in [9.17, 15) is 0 Å². The van der Waals surface area contributed by atoms with Gasteiger partial charge < -0.3 is 5.73 Å². The summed E-state index contributed by atoms with van der Waals surface area (Å²) in [6, 6.07) is 0.993. The van der Waals surface area contributed by atoms with Gasteiger partial charge in [0.25, 0.3) is 0 Å². The highest BCUT2D eigenvalue weighted by Crippen LogP contribution is 2.40. The van der Waals surface area contributed by atoms with E-state index < -0.39 is 0 Å². The Balaban J connectivity index is 1.97. The van der Waals surface area contributed by atoms with Crippen molar-refractivity contribution in [3.8, 4) is 0 Å². The standard InChI is InChI=1S/C16H32N2/c1-5-16(4)9-11-18(12-10-16)13-7-6-8-15(2,3)14(13)17/h13-14H,5-12,17H2,1-4H3. The van der Waals surface area contributed by atoms with Gasteiger partial charge in [-0.2, -0.15) is 0 Å². The van der Waals surface area contributed by atoms with E-state index in [4.69, 9.17) is 5.73 Å². The van der Waals surface area contributed by atoms with E-state index in [0.717, 1.165) is 0 Å². The average Bonchev–Trinajstić information content (AvgIpc) is 2.34. The molecule has 1 saturated heterocycles. The molecule has 0 bridgehead atoms. The molecule has 2 unspecified atom stereocenters. The van der Waals surface area contributed by atoms with Crippen LogP contribution in [0.1, 0.15) is 66.2 Å². The van der Waals surface area contributed by atoms with E-state index in [1.807, 2.05) is 0 Å². The van der Waals surface area contributed by atoms with Crippen molar-refractivity contribution in [1.82, 2.24) is 4.90 Å². The first-order chi connectivity index (χ1) is 8.38. The number of hydrogen-bond donors (Lipinski definition) is 1. The summed E-state index contributed by atoms with van der Waals surface area (Å²) in [5, 5.41) is 0. The molecule has 0 aromatic rings. The zero-order chi connectivity index (χ0) is 13.4. The second-order valence-corrected chi connectivity index (χ2v) is 7.67. The highest BCUT2D eigenvalue weighted by atomic mass is 15.2. The zero-order valence-corrected chi connectivity index (χ0v) is 12.8. The third-order valence-electron chi connectivity index (χ3n) is 5.97. The Morgan fingerprint density at radius 3 is 2.28 bits per heavy atom. The molecule has 2 heteroatoms. The lowest BCUT2D eigenvalue weighted by Crippen LogP contribution is -2.58. The van der Waals surface area contributed by atoms with Crippen molar-refractivity contribution in [2.24, 2.45) is 16.6 Å². The number of rotatable bonds is 2. The van der Waals surface area contributed by atoms with Gasteiger partial charge in [0, 0.05) is 12.1 Å². The molecular weight excluding hydrogens is 220 g/mol. The highest BCUT2D eigenvalue weighted by molar-refractivity contribution is 4.97. The lowest BCUT2D eigenvalue weighted by Gasteiger charge is -2.50. The number of nitrogens with zero attached hydrogens (tertiary/aromatic N) is 1. The Morgan fingerprint density at radius 1 is 1.11 bits per heavy atom. The topological polar surface area (TPSA) is 29.3 Å². The second kappa shape index (κ2) is 5.13. The second-order valence-electron chi connectivity index (χ2n) is 7.67. The molecule has 18 heavy (non-hydrogen) atoms. The van der Waals surface area contributed by atoms with E-state index in [0.29, 0.717) is 22.9 Å². The molecule has 2 fully saturated rings. The minimum Gasteiger partial charge on any atom is -0.326 e. The predicted octanol–water partition coefficient (Wildman–Crippen LogP) is 3.40. The van der Waals surface area contributed by atoms with E-state index in [-0.39, 0.29) is 0 Å². The minimum atomic E-state index is 0.328. The first-order valence-corrected chi connectivity index (χ1v) is 7.88. The fourth-order valence-corrected chi connectivity index (χ4v) is 3.79. The smallest absolute Gasteiger partial charge is 0.0252 e. The monoisotopic (exact) mass is 252 g/mol. The third kappa shape index (κ3) is 2.75. The van der Waals surface area contributed by atoms with Gasteiger partial charge in [-0.05, 0) is 49.6 Å². The molecular formula is C16H32N2. The summed E-state index contributed by atoms with van der Waals surface area (Å²) in [5.41, 5.74) is 7.46. The molecule has 1 aliphatic heterocycles. The van der Waals surface area contributed by atoms with Crippen LogP contribution in [0.5, 0.6) is 0 Å². The summed E-state index contributed by atoms with van der Waals surface area (Å²) in [5.74, 6) is 0. The Hall–Kier alpha value is -0.0800. The summed E-state index contributed by atoms with van der Waals surface area (Å²) in [7, 11) is 0. The molecule has 0 amide bonds. The van der Waals surface area contributed by atoms with Crippen LogP contribution >= 0.6 is 0 Å². The van der Waals surface area contributed by atoms with Crippen LogP contribution in [0, 0.1) is 10.8 Å². The van der Waals surface area contributed by atoms with Crippen LogP contribution in [0.3, 0.4) is 0 Å². The fourth-order valence-electron chi connectivity index (χ4n) is 3.79. The van der Waals surface area contributed by atoms with E-state index in [2.05, 4.69) is 32.6 Å². The van der Waals surface area contributed by atoms with Crippen molar-refractivity contribution >= 4 is 0 Å². The number of nitrogens with two attached hydrogens (primary N) is 1.